The van der Waals surface area contributed by atoms with Crippen molar-refractivity contribution in [2.75, 3.05) is 45.8 Å². The van der Waals surface area contributed by atoms with E-state index in [2.05, 4.69) is 20.0 Å². The van der Waals surface area contributed by atoms with Gasteiger partial charge in [0.15, 0.2) is 0 Å². The molecule has 6 heteroatoms. The van der Waals surface area contributed by atoms with E-state index in [1.165, 1.54) is 64.7 Å². The molecule has 0 aliphatic carbocycles. The highest BCUT2D eigenvalue weighted by molar-refractivity contribution is 5.76. The molecule has 170 valence electrons. The van der Waals surface area contributed by atoms with Crippen LogP contribution in [0.15, 0.2) is 0 Å². The van der Waals surface area contributed by atoms with Crippen molar-refractivity contribution in [2.45, 2.75) is 83.2 Å². The number of carbonyl (C=O) groups is 2. The first kappa shape index (κ1) is 22.1. The molecule has 0 aromatic heterocycles. The molecule has 0 spiro atoms. The standard InChI is InChI=1S/C24H42N4O2/c1-19(29)28-18-20-8-5-16-27-17-6-9-21(24(20)27)22(28)10-4-11-23(30)25-12-7-15-26-13-2-3-14-26/h20-22,24H,2-18H2,1H3,(H,25,30)/t20-,21+,22+,24-/m0/s1. The van der Waals surface area contributed by atoms with Crippen molar-refractivity contribution in [1.29, 1.82) is 0 Å². The summed E-state index contributed by atoms with van der Waals surface area (Å²) in [4.78, 5) is 32.2. The summed E-state index contributed by atoms with van der Waals surface area (Å²) in [6.45, 7) is 9.50. The van der Waals surface area contributed by atoms with Gasteiger partial charge < -0.3 is 15.1 Å². The lowest BCUT2D eigenvalue weighted by molar-refractivity contribution is -0.144. The Morgan fingerprint density at radius 1 is 0.967 bits per heavy atom. The summed E-state index contributed by atoms with van der Waals surface area (Å²) in [5, 5.41) is 3.11. The second-order valence-electron chi connectivity index (χ2n) is 10.1. The van der Waals surface area contributed by atoms with E-state index < -0.39 is 0 Å². The van der Waals surface area contributed by atoms with Gasteiger partial charge in [-0.3, -0.25) is 14.5 Å². The largest absolute Gasteiger partial charge is 0.356 e. The maximum Gasteiger partial charge on any atom is 0.219 e. The van der Waals surface area contributed by atoms with E-state index in [0.717, 1.165) is 38.9 Å². The Bertz CT molecular complexity index is 590. The first-order valence-electron chi connectivity index (χ1n) is 12.6. The summed E-state index contributed by atoms with van der Waals surface area (Å²) in [6, 6.07) is 1.00. The highest BCUT2D eigenvalue weighted by Crippen LogP contribution is 2.43. The fourth-order valence-corrected chi connectivity index (χ4v) is 6.82. The zero-order valence-corrected chi connectivity index (χ0v) is 19.0. The van der Waals surface area contributed by atoms with Crippen LogP contribution in [-0.4, -0.2) is 84.4 Å². The number of amides is 2. The second kappa shape index (κ2) is 10.4. The minimum Gasteiger partial charge on any atom is -0.356 e. The molecule has 4 saturated heterocycles. The molecule has 4 aliphatic rings. The van der Waals surface area contributed by atoms with Crippen molar-refractivity contribution in [3.8, 4) is 0 Å². The Labute approximate surface area is 182 Å². The van der Waals surface area contributed by atoms with Crippen LogP contribution < -0.4 is 5.32 Å². The van der Waals surface area contributed by atoms with Gasteiger partial charge in [-0.05, 0) is 102 Å². The maximum atomic E-state index is 12.5. The number of carbonyl (C=O) groups excluding carboxylic acids is 2. The van der Waals surface area contributed by atoms with Crippen LogP contribution in [0.1, 0.15) is 71.1 Å². The topological polar surface area (TPSA) is 55.9 Å². The summed E-state index contributed by atoms with van der Waals surface area (Å²) < 4.78 is 0. The number of piperidine rings is 3. The molecule has 4 heterocycles. The molecular weight excluding hydrogens is 376 g/mol. The predicted octanol–water partition coefficient (Wildman–Crippen LogP) is 2.48. The lowest BCUT2D eigenvalue weighted by Gasteiger charge is -2.57. The van der Waals surface area contributed by atoms with Gasteiger partial charge in [-0.1, -0.05) is 0 Å². The average molecular weight is 419 g/mol. The van der Waals surface area contributed by atoms with Gasteiger partial charge in [0.1, 0.15) is 0 Å². The van der Waals surface area contributed by atoms with E-state index >= 15 is 0 Å². The Morgan fingerprint density at radius 2 is 1.73 bits per heavy atom. The molecule has 4 rings (SSSR count). The maximum absolute atomic E-state index is 12.5. The molecule has 0 radical (unpaired) electrons. The molecule has 2 amide bonds. The summed E-state index contributed by atoms with van der Waals surface area (Å²) in [7, 11) is 0. The fourth-order valence-electron chi connectivity index (χ4n) is 6.82. The van der Waals surface area contributed by atoms with Crippen molar-refractivity contribution in [1.82, 2.24) is 20.0 Å². The van der Waals surface area contributed by atoms with E-state index in [9.17, 15) is 9.59 Å². The normalized spacial score (nSPS) is 32.1. The minimum absolute atomic E-state index is 0.183. The third-order valence-electron chi connectivity index (χ3n) is 8.15. The van der Waals surface area contributed by atoms with Crippen LogP contribution in [-0.2, 0) is 9.59 Å². The van der Waals surface area contributed by atoms with Crippen molar-refractivity contribution >= 4 is 11.8 Å². The molecule has 0 aromatic carbocycles. The van der Waals surface area contributed by atoms with Gasteiger partial charge in [0.2, 0.25) is 11.8 Å². The van der Waals surface area contributed by atoms with E-state index in [1.807, 2.05) is 0 Å². The number of nitrogens with zero attached hydrogens (tertiary/aromatic N) is 3. The van der Waals surface area contributed by atoms with Gasteiger partial charge in [-0.25, -0.2) is 0 Å². The first-order valence-corrected chi connectivity index (χ1v) is 12.6. The minimum atomic E-state index is 0.183. The summed E-state index contributed by atoms with van der Waals surface area (Å²) in [5.74, 6) is 1.67. The van der Waals surface area contributed by atoms with Gasteiger partial charge in [-0.15, -0.1) is 0 Å². The summed E-state index contributed by atoms with van der Waals surface area (Å²) in [5.41, 5.74) is 0. The number of likely N-dealkylation sites (tertiary alicyclic amines) is 2. The van der Waals surface area contributed by atoms with Gasteiger partial charge in [0.25, 0.3) is 0 Å². The van der Waals surface area contributed by atoms with Crippen LogP contribution in [0.2, 0.25) is 0 Å². The molecule has 0 aromatic rings. The van der Waals surface area contributed by atoms with Crippen LogP contribution in [0.3, 0.4) is 0 Å². The molecule has 4 atom stereocenters. The molecule has 6 nitrogen and oxygen atoms in total. The first-order chi connectivity index (χ1) is 14.6. The number of hydrogen-bond donors (Lipinski definition) is 1. The van der Waals surface area contributed by atoms with E-state index in [-0.39, 0.29) is 11.8 Å². The molecule has 4 aliphatic heterocycles. The lowest BCUT2D eigenvalue weighted by atomic mass is 9.69. The van der Waals surface area contributed by atoms with Crippen molar-refractivity contribution < 1.29 is 9.59 Å². The lowest BCUT2D eigenvalue weighted by Crippen LogP contribution is -2.65. The highest BCUT2D eigenvalue weighted by Gasteiger charge is 2.48. The SMILES string of the molecule is CC(=O)N1C[C@@H]2CCCN3CCC[C@@H]([C@H]23)[C@H]1CCCC(=O)NCCCN1CCCC1. The predicted molar refractivity (Wildman–Crippen MR) is 119 cm³/mol. The Hall–Kier alpha value is -1.14. The third kappa shape index (κ3) is 5.18. The Morgan fingerprint density at radius 3 is 2.50 bits per heavy atom. The molecular formula is C24H42N4O2. The molecule has 0 bridgehead atoms. The number of nitrogens with one attached hydrogen (secondary N) is 1. The van der Waals surface area contributed by atoms with Gasteiger partial charge >= 0.3 is 0 Å². The monoisotopic (exact) mass is 418 g/mol. The quantitative estimate of drug-likeness (QED) is 0.616. The molecule has 0 unspecified atom stereocenters. The molecule has 0 saturated carbocycles. The van der Waals surface area contributed by atoms with Crippen LogP contribution >= 0.6 is 0 Å². The smallest absolute Gasteiger partial charge is 0.219 e. The van der Waals surface area contributed by atoms with Crippen molar-refractivity contribution in [3.63, 3.8) is 0 Å². The van der Waals surface area contributed by atoms with E-state index in [1.54, 1.807) is 6.92 Å². The second-order valence-corrected chi connectivity index (χ2v) is 10.1. The van der Waals surface area contributed by atoms with Crippen LogP contribution in [0.5, 0.6) is 0 Å². The van der Waals surface area contributed by atoms with Gasteiger partial charge in [0.05, 0.1) is 0 Å². The van der Waals surface area contributed by atoms with Crippen molar-refractivity contribution in [2.24, 2.45) is 11.8 Å². The van der Waals surface area contributed by atoms with E-state index in [0.29, 0.717) is 30.3 Å². The summed E-state index contributed by atoms with van der Waals surface area (Å²) >= 11 is 0. The van der Waals surface area contributed by atoms with Gasteiger partial charge in [0, 0.05) is 38.5 Å². The fraction of sp³-hybridized carbons (Fsp3) is 0.917. The van der Waals surface area contributed by atoms with Crippen LogP contribution in [0.4, 0.5) is 0 Å². The van der Waals surface area contributed by atoms with Gasteiger partial charge in [-0.2, -0.15) is 0 Å². The molecule has 1 N–H and O–H groups in total. The zero-order chi connectivity index (χ0) is 20.9. The summed E-state index contributed by atoms with van der Waals surface area (Å²) in [6.07, 6.45) is 11.2. The van der Waals surface area contributed by atoms with E-state index in [4.69, 9.17) is 0 Å². The molecule has 4 fully saturated rings. The van der Waals surface area contributed by atoms with Crippen LogP contribution in [0.25, 0.3) is 0 Å². The van der Waals surface area contributed by atoms with Crippen molar-refractivity contribution in [3.05, 3.63) is 0 Å². The number of rotatable bonds is 8. The highest BCUT2D eigenvalue weighted by atomic mass is 16.2. The molecule has 30 heavy (non-hydrogen) atoms. The third-order valence-corrected chi connectivity index (χ3v) is 8.15. The Kier molecular flexibility index (Phi) is 7.69. The zero-order valence-electron chi connectivity index (χ0n) is 19.0. The number of hydrogen-bond acceptors (Lipinski definition) is 4. The Balaban J connectivity index is 1.23. The van der Waals surface area contributed by atoms with Crippen LogP contribution in [0, 0.1) is 11.8 Å². The average Bonchev–Trinajstić information content (AvgIpc) is 3.26.